The van der Waals surface area contributed by atoms with Gasteiger partial charge in [0.25, 0.3) is 0 Å². The quantitative estimate of drug-likeness (QED) is 0.760. The summed E-state index contributed by atoms with van der Waals surface area (Å²) >= 11 is 1.66. The standard InChI is InChI=1S/C15H19N5S/c1-3-5-17-14(13-4-6-16-11(2)18-13)9-12-10-20-7-8-21-15(20)19-12/h4,6-8,10,14,17H,3,5,9H2,1-2H3. The molecule has 0 bridgehead atoms. The van der Waals surface area contributed by atoms with Crippen molar-refractivity contribution in [3.05, 3.63) is 47.2 Å². The summed E-state index contributed by atoms with van der Waals surface area (Å²) in [6.07, 6.45) is 7.90. The minimum Gasteiger partial charge on any atom is -0.308 e. The van der Waals surface area contributed by atoms with E-state index in [1.54, 1.807) is 11.3 Å². The van der Waals surface area contributed by atoms with Crippen molar-refractivity contribution in [2.75, 3.05) is 6.54 Å². The number of hydrogen-bond donors (Lipinski definition) is 1. The lowest BCUT2D eigenvalue weighted by Crippen LogP contribution is -2.25. The van der Waals surface area contributed by atoms with Crippen molar-refractivity contribution >= 4 is 16.3 Å². The van der Waals surface area contributed by atoms with E-state index in [0.29, 0.717) is 0 Å². The number of rotatable bonds is 6. The van der Waals surface area contributed by atoms with Gasteiger partial charge >= 0.3 is 0 Å². The molecule has 0 spiro atoms. The van der Waals surface area contributed by atoms with Crippen molar-refractivity contribution in [2.45, 2.75) is 32.7 Å². The fraction of sp³-hybridized carbons (Fsp3) is 0.400. The van der Waals surface area contributed by atoms with Gasteiger partial charge in [-0.3, -0.25) is 4.40 Å². The number of aromatic nitrogens is 4. The number of fused-ring (bicyclic) bond motifs is 1. The first kappa shape index (κ1) is 14.2. The highest BCUT2D eigenvalue weighted by atomic mass is 32.1. The fourth-order valence-corrected chi connectivity index (χ4v) is 3.07. The molecule has 1 unspecified atom stereocenters. The third kappa shape index (κ3) is 3.28. The second kappa shape index (κ2) is 6.32. The van der Waals surface area contributed by atoms with Gasteiger partial charge in [0.2, 0.25) is 0 Å². The normalized spacial score (nSPS) is 12.9. The largest absolute Gasteiger partial charge is 0.308 e. The van der Waals surface area contributed by atoms with E-state index in [9.17, 15) is 0 Å². The first-order valence-electron chi connectivity index (χ1n) is 7.20. The average molecular weight is 301 g/mol. The molecule has 0 fully saturated rings. The summed E-state index contributed by atoms with van der Waals surface area (Å²) in [4.78, 5) is 14.4. The summed E-state index contributed by atoms with van der Waals surface area (Å²) in [5.41, 5.74) is 2.12. The smallest absolute Gasteiger partial charge is 0.193 e. The summed E-state index contributed by atoms with van der Waals surface area (Å²) in [5.74, 6) is 0.807. The van der Waals surface area contributed by atoms with Gasteiger partial charge in [-0.25, -0.2) is 15.0 Å². The number of aryl methyl sites for hydroxylation is 1. The lowest BCUT2D eigenvalue weighted by molar-refractivity contribution is 0.512. The maximum Gasteiger partial charge on any atom is 0.193 e. The highest BCUT2D eigenvalue weighted by molar-refractivity contribution is 7.15. The number of thiazole rings is 1. The number of nitrogens with one attached hydrogen (secondary N) is 1. The minimum absolute atomic E-state index is 0.177. The maximum absolute atomic E-state index is 4.67. The lowest BCUT2D eigenvalue weighted by atomic mass is 10.1. The van der Waals surface area contributed by atoms with E-state index in [1.165, 1.54) is 0 Å². The molecule has 0 radical (unpaired) electrons. The molecule has 0 aromatic carbocycles. The number of imidazole rings is 1. The monoisotopic (exact) mass is 301 g/mol. The Morgan fingerprint density at radius 3 is 3.05 bits per heavy atom. The Balaban J connectivity index is 1.83. The first-order valence-corrected chi connectivity index (χ1v) is 8.08. The van der Waals surface area contributed by atoms with Crippen molar-refractivity contribution in [1.29, 1.82) is 0 Å². The molecule has 1 N–H and O–H groups in total. The molecule has 0 aliphatic rings. The summed E-state index contributed by atoms with van der Waals surface area (Å²) in [6, 6.07) is 2.16. The molecule has 0 saturated carbocycles. The van der Waals surface area contributed by atoms with Crippen LogP contribution in [0.3, 0.4) is 0 Å². The molecule has 5 nitrogen and oxygen atoms in total. The zero-order valence-electron chi connectivity index (χ0n) is 12.3. The van der Waals surface area contributed by atoms with Crippen LogP contribution >= 0.6 is 11.3 Å². The van der Waals surface area contributed by atoms with Gasteiger partial charge in [-0.05, 0) is 26.0 Å². The third-order valence-electron chi connectivity index (χ3n) is 3.35. The maximum atomic E-state index is 4.67. The van der Waals surface area contributed by atoms with Crippen LogP contribution in [0.15, 0.2) is 30.0 Å². The summed E-state index contributed by atoms with van der Waals surface area (Å²) in [5, 5.41) is 5.61. The molecule has 21 heavy (non-hydrogen) atoms. The molecule has 3 aromatic heterocycles. The third-order valence-corrected chi connectivity index (χ3v) is 4.12. The fourth-order valence-electron chi connectivity index (χ4n) is 2.35. The lowest BCUT2D eigenvalue weighted by Gasteiger charge is -2.17. The highest BCUT2D eigenvalue weighted by Gasteiger charge is 2.15. The van der Waals surface area contributed by atoms with Crippen LogP contribution in [0.4, 0.5) is 0 Å². The van der Waals surface area contributed by atoms with E-state index in [0.717, 1.165) is 41.6 Å². The zero-order chi connectivity index (χ0) is 14.7. The molecule has 0 saturated heterocycles. The van der Waals surface area contributed by atoms with Gasteiger partial charge in [-0.15, -0.1) is 11.3 Å². The van der Waals surface area contributed by atoms with Gasteiger partial charge in [0, 0.05) is 30.4 Å². The second-order valence-corrected chi connectivity index (χ2v) is 5.94. The number of hydrogen-bond acceptors (Lipinski definition) is 5. The van der Waals surface area contributed by atoms with E-state index in [2.05, 4.69) is 37.8 Å². The van der Waals surface area contributed by atoms with Crippen LogP contribution in [-0.2, 0) is 6.42 Å². The predicted molar refractivity (Wildman–Crippen MR) is 84.6 cm³/mol. The molecule has 0 aliphatic heterocycles. The van der Waals surface area contributed by atoms with Crippen molar-refractivity contribution in [3.63, 3.8) is 0 Å². The molecule has 0 aliphatic carbocycles. The summed E-state index contributed by atoms with van der Waals surface area (Å²) in [7, 11) is 0. The first-order chi connectivity index (χ1) is 10.3. The summed E-state index contributed by atoms with van der Waals surface area (Å²) in [6.45, 7) is 5.06. The minimum atomic E-state index is 0.177. The van der Waals surface area contributed by atoms with Crippen molar-refractivity contribution < 1.29 is 0 Å². The predicted octanol–water partition coefficient (Wildman–Crippen LogP) is 2.78. The molecular formula is C15H19N5S. The van der Waals surface area contributed by atoms with Crippen LogP contribution in [-0.4, -0.2) is 25.9 Å². The molecule has 1 atom stereocenters. The zero-order valence-corrected chi connectivity index (χ0v) is 13.1. The Kier molecular flexibility index (Phi) is 4.26. The van der Waals surface area contributed by atoms with Gasteiger partial charge in [0.05, 0.1) is 17.4 Å². The van der Waals surface area contributed by atoms with E-state index >= 15 is 0 Å². The second-order valence-electron chi connectivity index (χ2n) is 5.06. The van der Waals surface area contributed by atoms with Crippen LogP contribution in [0.25, 0.3) is 4.96 Å². The molecule has 110 valence electrons. The summed E-state index contributed by atoms with van der Waals surface area (Å²) < 4.78 is 2.07. The SMILES string of the molecule is CCCNC(Cc1cn2ccsc2n1)c1ccnc(C)n1. The molecule has 3 aromatic rings. The van der Waals surface area contributed by atoms with E-state index in [1.807, 2.05) is 30.8 Å². The van der Waals surface area contributed by atoms with Crippen molar-refractivity contribution in [3.8, 4) is 0 Å². The van der Waals surface area contributed by atoms with Crippen molar-refractivity contribution in [2.24, 2.45) is 0 Å². The average Bonchev–Trinajstić information content (AvgIpc) is 3.04. The van der Waals surface area contributed by atoms with Gasteiger partial charge in [-0.1, -0.05) is 6.92 Å². The Morgan fingerprint density at radius 2 is 2.29 bits per heavy atom. The van der Waals surface area contributed by atoms with Crippen LogP contribution in [0.2, 0.25) is 0 Å². The molecule has 0 amide bonds. The Hall–Kier alpha value is -1.79. The van der Waals surface area contributed by atoms with Crippen LogP contribution in [0.5, 0.6) is 0 Å². The molecular weight excluding hydrogens is 282 g/mol. The Labute approximate surface area is 128 Å². The molecule has 3 heterocycles. The molecule has 6 heteroatoms. The van der Waals surface area contributed by atoms with Crippen molar-refractivity contribution in [1.82, 2.24) is 24.7 Å². The van der Waals surface area contributed by atoms with Gasteiger partial charge in [0.1, 0.15) is 5.82 Å². The van der Waals surface area contributed by atoms with Gasteiger partial charge < -0.3 is 5.32 Å². The van der Waals surface area contributed by atoms with Gasteiger partial charge in [-0.2, -0.15) is 0 Å². The number of nitrogens with zero attached hydrogens (tertiary/aromatic N) is 4. The van der Waals surface area contributed by atoms with E-state index < -0.39 is 0 Å². The van der Waals surface area contributed by atoms with E-state index in [4.69, 9.17) is 0 Å². The Bertz CT molecular complexity index is 689. The molecule has 3 rings (SSSR count). The van der Waals surface area contributed by atoms with E-state index in [-0.39, 0.29) is 6.04 Å². The van der Waals surface area contributed by atoms with Crippen LogP contribution in [0.1, 0.15) is 36.6 Å². The highest BCUT2D eigenvalue weighted by Crippen LogP contribution is 2.18. The Morgan fingerprint density at radius 1 is 1.38 bits per heavy atom. The van der Waals surface area contributed by atoms with Crippen LogP contribution < -0.4 is 5.32 Å². The topological polar surface area (TPSA) is 55.1 Å². The van der Waals surface area contributed by atoms with Crippen LogP contribution in [0, 0.1) is 6.92 Å². The van der Waals surface area contributed by atoms with Gasteiger partial charge in [0.15, 0.2) is 4.96 Å².